The van der Waals surface area contributed by atoms with Crippen LogP contribution in [-0.4, -0.2) is 60.0 Å². The lowest BCUT2D eigenvalue weighted by Crippen LogP contribution is -2.55. The maximum absolute atomic E-state index is 12.7. The van der Waals surface area contributed by atoms with Gasteiger partial charge in [0.15, 0.2) is 0 Å². The molecule has 1 fully saturated rings. The molecule has 0 spiro atoms. The van der Waals surface area contributed by atoms with Gasteiger partial charge in [0.1, 0.15) is 0 Å². The minimum Gasteiger partial charge on any atom is -0.368 e. The summed E-state index contributed by atoms with van der Waals surface area (Å²) in [5.74, 6) is 0.201. The molecule has 0 N–H and O–H groups in total. The highest BCUT2D eigenvalue weighted by Gasteiger charge is 2.27. The molecular weight excluding hydrogens is 324 g/mol. The van der Waals surface area contributed by atoms with Gasteiger partial charge in [0.25, 0.3) is 0 Å². The molecule has 1 aliphatic heterocycles. The van der Waals surface area contributed by atoms with Gasteiger partial charge in [-0.25, -0.2) is 0 Å². The number of amides is 1. The fourth-order valence-electron chi connectivity index (χ4n) is 3.50. The molecule has 138 valence electrons. The van der Waals surface area contributed by atoms with Crippen LogP contribution in [0.5, 0.6) is 0 Å². The monoisotopic (exact) mass is 352 g/mol. The number of nitrogens with zero attached hydrogens (tertiary/aromatic N) is 4. The first-order chi connectivity index (χ1) is 12.5. The zero-order valence-electron chi connectivity index (χ0n) is 15.9. The Bertz CT molecular complexity index is 717. The van der Waals surface area contributed by atoms with E-state index in [4.69, 9.17) is 0 Å². The quantitative estimate of drug-likeness (QED) is 0.829. The zero-order chi connectivity index (χ0) is 18.5. The number of likely N-dealkylation sites (N-methyl/N-ethyl adjacent to an activating group) is 1. The number of anilines is 1. The summed E-state index contributed by atoms with van der Waals surface area (Å²) in [5.41, 5.74) is 3.63. The van der Waals surface area contributed by atoms with E-state index in [1.165, 1.54) is 11.3 Å². The molecule has 26 heavy (non-hydrogen) atoms. The van der Waals surface area contributed by atoms with Crippen molar-refractivity contribution in [2.45, 2.75) is 26.4 Å². The summed E-state index contributed by atoms with van der Waals surface area (Å²) in [6.07, 6.45) is 3.62. The van der Waals surface area contributed by atoms with E-state index in [1.54, 1.807) is 6.20 Å². The number of piperazine rings is 1. The summed E-state index contributed by atoms with van der Waals surface area (Å²) in [6.45, 7) is 7.94. The van der Waals surface area contributed by atoms with Gasteiger partial charge in [0, 0.05) is 50.3 Å². The van der Waals surface area contributed by atoms with Crippen LogP contribution in [0.2, 0.25) is 0 Å². The topological polar surface area (TPSA) is 39.7 Å². The van der Waals surface area contributed by atoms with Crippen molar-refractivity contribution in [1.82, 2.24) is 14.8 Å². The second-order valence-corrected chi connectivity index (χ2v) is 7.25. The third kappa shape index (κ3) is 4.61. The molecule has 3 rings (SSSR count). The van der Waals surface area contributed by atoms with Crippen LogP contribution in [0.4, 0.5) is 5.69 Å². The molecule has 5 nitrogen and oxygen atoms in total. The van der Waals surface area contributed by atoms with E-state index in [0.29, 0.717) is 6.54 Å². The Balaban J connectivity index is 1.53. The number of hydrogen-bond donors (Lipinski definition) is 0. The van der Waals surface area contributed by atoms with Crippen molar-refractivity contribution in [1.29, 1.82) is 0 Å². The van der Waals surface area contributed by atoms with Gasteiger partial charge in [-0.3, -0.25) is 14.7 Å². The third-order valence-electron chi connectivity index (χ3n) is 4.93. The molecule has 0 unspecified atom stereocenters. The predicted molar refractivity (Wildman–Crippen MR) is 105 cm³/mol. The van der Waals surface area contributed by atoms with Crippen LogP contribution in [0.3, 0.4) is 0 Å². The number of carbonyl (C=O) groups excluding carboxylic acids is 1. The molecule has 1 atom stereocenters. The summed E-state index contributed by atoms with van der Waals surface area (Å²) in [7, 11) is 1.98. The van der Waals surface area contributed by atoms with Gasteiger partial charge in [0.2, 0.25) is 5.91 Å². The van der Waals surface area contributed by atoms with E-state index in [2.05, 4.69) is 52.9 Å². The molecule has 5 heteroatoms. The highest BCUT2D eigenvalue weighted by atomic mass is 16.2. The van der Waals surface area contributed by atoms with Gasteiger partial charge in [-0.15, -0.1) is 0 Å². The Morgan fingerprint density at radius 3 is 2.65 bits per heavy atom. The first-order valence-electron chi connectivity index (χ1n) is 9.21. The number of carbonyl (C=O) groups is 1. The van der Waals surface area contributed by atoms with E-state index in [-0.39, 0.29) is 11.9 Å². The number of aromatic nitrogens is 1. The molecular formula is C21H28N4O. The van der Waals surface area contributed by atoms with Crippen LogP contribution in [0.25, 0.3) is 0 Å². The van der Waals surface area contributed by atoms with Crippen molar-refractivity contribution in [2.75, 3.05) is 38.1 Å². The highest BCUT2D eigenvalue weighted by molar-refractivity contribution is 5.79. The number of aryl methyl sites for hydroxylation is 1. The average molecular weight is 352 g/mol. The first-order valence-corrected chi connectivity index (χ1v) is 9.21. The number of pyridine rings is 1. The molecule has 1 saturated heterocycles. The van der Waals surface area contributed by atoms with Gasteiger partial charge >= 0.3 is 0 Å². The van der Waals surface area contributed by atoms with Crippen molar-refractivity contribution in [3.8, 4) is 0 Å². The molecule has 2 heterocycles. The molecule has 2 aromatic rings. The SMILES string of the molecule is Cc1ccc(N2CCN(C(=O)CN(C)Cc3cccnc3)[C@H](C)C2)cc1. The Hall–Kier alpha value is -2.40. The summed E-state index contributed by atoms with van der Waals surface area (Å²) < 4.78 is 0. The molecule has 0 bridgehead atoms. The zero-order valence-corrected chi connectivity index (χ0v) is 15.9. The molecule has 0 aliphatic carbocycles. The van der Waals surface area contributed by atoms with E-state index in [1.807, 2.05) is 30.3 Å². The number of benzene rings is 1. The van der Waals surface area contributed by atoms with Crippen molar-refractivity contribution in [3.63, 3.8) is 0 Å². The van der Waals surface area contributed by atoms with Gasteiger partial charge in [-0.1, -0.05) is 23.8 Å². The Kier molecular flexibility index (Phi) is 5.89. The van der Waals surface area contributed by atoms with Crippen molar-refractivity contribution >= 4 is 11.6 Å². The third-order valence-corrected chi connectivity index (χ3v) is 4.93. The second kappa shape index (κ2) is 8.32. The Morgan fingerprint density at radius 1 is 1.23 bits per heavy atom. The molecule has 1 aliphatic rings. The minimum atomic E-state index is 0.201. The lowest BCUT2D eigenvalue weighted by atomic mass is 10.1. The highest BCUT2D eigenvalue weighted by Crippen LogP contribution is 2.20. The van der Waals surface area contributed by atoms with Crippen LogP contribution >= 0.6 is 0 Å². The van der Waals surface area contributed by atoms with Crippen LogP contribution in [-0.2, 0) is 11.3 Å². The molecule has 0 saturated carbocycles. The lowest BCUT2D eigenvalue weighted by Gasteiger charge is -2.41. The normalized spacial score (nSPS) is 17.6. The second-order valence-electron chi connectivity index (χ2n) is 7.25. The summed E-state index contributed by atoms with van der Waals surface area (Å²) in [4.78, 5) is 23.3. The minimum absolute atomic E-state index is 0.201. The van der Waals surface area contributed by atoms with Gasteiger partial charge in [0.05, 0.1) is 6.54 Å². The van der Waals surface area contributed by atoms with Gasteiger partial charge in [-0.2, -0.15) is 0 Å². The average Bonchev–Trinajstić information content (AvgIpc) is 2.63. The maximum Gasteiger partial charge on any atom is 0.237 e. The standard InChI is InChI=1S/C21H28N4O/c1-17-6-8-20(9-7-17)24-11-12-25(18(2)14-24)21(26)16-23(3)15-19-5-4-10-22-13-19/h4-10,13,18H,11-12,14-16H2,1-3H3/t18-/m1/s1. The Morgan fingerprint density at radius 2 is 2.00 bits per heavy atom. The fraction of sp³-hybridized carbons (Fsp3) is 0.429. The Labute approximate surface area is 156 Å². The molecule has 1 aromatic heterocycles. The summed E-state index contributed by atoms with van der Waals surface area (Å²) in [6, 6.07) is 12.8. The molecule has 0 radical (unpaired) electrons. The van der Waals surface area contributed by atoms with Crippen molar-refractivity contribution < 1.29 is 4.79 Å². The predicted octanol–water partition coefficient (Wildman–Crippen LogP) is 2.56. The van der Waals surface area contributed by atoms with Crippen LogP contribution in [0.15, 0.2) is 48.8 Å². The number of rotatable bonds is 5. The van der Waals surface area contributed by atoms with Crippen LogP contribution < -0.4 is 4.90 Å². The smallest absolute Gasteiger partial charge is 0.237 e. The largest absolute Gasteiger partial charge is 0.368 e. The molecule has 1 amide bonds. The summed E-state index contributed by atoms with van der Waals surface area (Å²) >= 11 is 0. The maximum atomic E-state index is 12.7. The summed E-state index contributed by atoms with van der Waals surface area (Å²) in [5, 5.41) is 0. The van der Waals surface area contributed by atoms with Crippen LogP contribution in [0.1, 0.15) is 18.1 Å². The van der Waals surface area contributed by atoms with E-state index in [0.717, 1.165) is 31.7 Å². The van der Waals surface area contributed by atoms with Crippen molar-refractivity contribution in [2.24, 2.45) is 0 Å². The lowest BCUT2D eigenvalue weighted by molar-refractivity contribution is -0.134. The van der Waals surface area contributed by atoms with E-state index < -0.39 is 0 Å². The molecule has 1 aromatic carbocycles. The van der Waals surface area contributed by atoms with Crippen molar-refractivity contribution in [3.05, 3.63) is 59.9 Å². The first kappa shape index (κ1) is 18.4. The van der Waals surface area contributed by atoms with Crippen LogP contribution in [0, 0.1) is 6.92 Å². The van der Waals surface area contributed by atoms with E-state index >= 15 is 0 Å². The van der Waals surface area contributed by atoms with E-state index in [9.17, 15) is 4.79 Å². The fourth-order valence-corrected chi connectivity index (χ4v) is 3.50. The number of hydrogen-bond acceptors (Lipinski definition) is 4. The van der Waals surface area contributed by atoms with Gasteiger partial charge < -0.3 is 9.80 Å². The van der Waals surface area contributed by atoms with Gasteiger partial charge in [-0.05, 0) is 44.7 Å².